The summed E-state index contributed by atoms with van der Waals surface area (Å²) < 4.78 is 40.8. The maximum absolute atomic E-state index is 11.9. The van der Waals surface area contributed by atoms with Crippen molar-refractivity contribution in [3.63, 3.8) is 0 Å². The van der Waals surface area contributed by atoms with Gasteiger partial charge in [-0.05, 0) is 35.9 Å². The first-order valence-electron chi connectivity index (χ1n) is 6.10. The number of carbonyl (C=O) groups is 2. The lowest BCUT2D eigenvalue weighted by Gasteiger charge is -2.10. The summed E-state index contributed by atoms with van der Waals surface area (Å²) in [7, 11) is 1.38. The van der Waals surface area contributed by atoms with Gasteiger partial charge in [0.1, 0.15) is 5.75 Å². The number of alkyl halides is 3. The summed E-state index contributed by atoms with van der Waals surface area (Å²) in [4.78, 5) is 22.1. The Kier molecular flexibility index (Phi) is 6.54. The molecule has 1 aromatic carbocycles. The van der Waals surface area contributed by atoms with Gasteiger partial charge in [0.05, 0.1) is 18.4 Å². The van der Waals surface area contributed by atoms with Gasteiger partial charge < -0.3 is 15.2 Å². The van der Waals surface area contributed by atoms with Gasteiger partial charge in [0.25, 0.3) is 0 Å². The molecule has 0 aliphatic rings. The first-order chi connectivity index (χ1) is 10.2. The molecular formula is C13H14F3NO4S. The minimum Gasteiger partial charge on any atom is -0.496 e. The molecule has 0 saturated heterocycles. The van der Waals surface area contributed by atoms with Gasteiger partial charge >= 0.3 is 11.5 Å². The molecule has 0 spiro atoms. The van der Waals surface area contributed by atoms with Crippen LogP contribution >= 0.6 is 11.8 Å². The van der Waals surface area contributed by atoms with Gasteiger partial charge in [0.15, 0.2) is 0 Å². The first-order valence-corrected chi connectivity index (χ1v) is 7.09. The molecule has 2 N–H and O–H groups in total. The van der Waals surface area contributed by atoms with Crippen molar-refractivity contribution in [2.24, 2.45) is 0 Å². The molecular weight excluding hydrogens is 323 g/mol. The van der Waals surface area contributed by atoms with Crippen LogP contribution < -0.4 is 10.1 Å². The van der Waals surface area contributed by atoms with Gasteiger partial charge in [-0.3, -0.25) is 4.79 Å². The van der Waals surface area contributed by atoms with Crippen LogP contribution in [0.5, 0.6) is 5.75 Å². The second-order valence-electron chi connectivity index (χ2n) is 4.17. The second kappa shape index (κ2) is 7.92. The van der Waals surface area contributed by atoms with E-state index < -0.39 is 34.9 Å². The number of aromatic carboxylic acids is 1. The Hall–Kier alpha value is -1.90. The number of benzene rings is 1. The molecule has 0 aromatic heterocycles. The SMILES string of the molecule is COc1cc(C(=O)O)ccc1CCNC(=O)CSC(F)(F)F. The summed E-state index contributed by atoms with van der Waals surface area (Å²) in [6, 6.07) is 4.28. The highest BCUT2D eigenvalue weighted by atomic mass is 32.2. The number of thioether (sulfide) groups is 1. The lowest BCUT2D eigenvalue weighted by molar-refractivity contribution is -0.118. The molecule has 0 unspecified atom stereocenters. The molecule has 5 nitrogen and oxygen atoms in total. The molecule has 9 heteroatoms. The Morgan fingerprint density at radius 3 is 2.59 bits per heavy atom. The first kappa shape index (κ1) is 18.1. The number of amides is 1. The number of rotatable bonds is 7. The maximum atomic E-state index is 11.9. The molecule has 0 radical (unpaired) electrons. The zero-order valence-electron chi connectivity index (χ0n) is 11.6. The predicted molar refractivity (Wildman–Crippen MR) is 75.2 cm³/mol. The summed E-state index contributed by atoms with van der Waals surface area (Å²) in [5.74, 6) is -2.16. The topological polar surface area (TPSA) is 75.6 Å². The Morgan fingerprint density at radius 1 is 1.36 bits per heavy atom. The standard InChI is InChI=1S/C13H14F3NO4S/c1-21-10-6-9(12(19)20)3-2-8(10)4-5-17-11(18)7-22-13(14,15)16/h2-3,6H,4-5,7H2,1H3,(H,17,18)(H,19,20). The molecule has 22 heavy (non-hydrogen) atoms. The van der Waals surface area contributed by atoms with Crippen LogP contribution in [0.4, 0.5) is 13.2 Å². The fourth-order valence-electron chi connectivity index (χ4n) is 1.62. The number of halogens is 3. The minimum atomic E-state index is -4.44. The van der Waals surface area contributed by atoms with Crippen molar-refractivity contribution < 1.29 is 32.6 Å². The van der Waals surface area contributed by atoms with E-state index in [1.54, 1.807) is 6.07 Å². The highest BCUT2D eigenvalue weighted by molar-refractivity contribution is 8.00. The van der Waals surface area contributed by atoms with Crippen LogP contribution in [0.25, 0.3) is 0 Å². The predicted octanol–water partition coefficient (Wildman–Crippen LogP) is 2.31. The van der Waals surface area contributed by atoms with E-state index in [-0.39, 0.29) is 12.1 Å². The molecule has 0 fully saturated rings. The summed E-state index contributed by atoms with van der Waals surface area (Å²) in [6.07, 6.45) is 0.311. The minimum absolute atomic E-state index is 0.0613. The van der Waals surface area contributed by atoms with Gasteiger partial charge in [0.2, 0.25) is 5.91 Å². The van der Waals surface area contributed by atoms with E-state index >= 15 is 0 Å². The number of nitrogens with one attached hydrogen (secondary N) is 1. The number of carbonyl (C=O) groups excluding carboxylic acids is 1. The third kappa shape index (κ3) is 6.25. The van der Waals surface area contributed by atoms with Gasteiger partial charge in [0, 0.05) is 6.54 Å². The molecule has 1 rings (SSSR count). The Labute approximate surface area is 128 Å². The van der Waals surface area contributed by atoms with E-state index in [2.05, 4.69) is 5.32 Å². The Morgan fingerprint density at radius 2 is 2.05 bits per heavy atom. The fraction of sp³-hybridized carbons (Fsp3) is 0.385. The second-order valence-corrected chi connectivity index (χ2v) is 5.21. The fourth-order valence-corrected chi connectivity index (χ4v) is 2.02. The van der Waals surface area contributed by atoms with Crippen LogP contribution in [0.3, 0.4) is 0 Å². The summed E-state index contributed by atoms with van der Waals surface area (Å²) in [5, 5.41) is 11.2. The zero-order chi connectivity index (χ0) is 16.8. The van der Waals surface area contributed by atoms with Gasteiger partial charge in [-0.15, -0.1) is 0 Å². The van der Waals surface area contributed by atoms with Crippen molar-refractivity contribution in [2.45, 2.75) is 11.9 Å². The molecule has 1 aromatic rings. The summed E-state index contributed by atoms with van der Waals surface area (Å²) >= 11 is -0.401. The highest BCUT2D eigenvalue weighted by Crippen LogP contribution is 2.29. The monoisotopic (exact) mass is 337 g/mol. The van der Waals surface area contributed by atoms with Crippen molar-refractivity contribution >= 4 is 23.6 Å². The van der Waals surface area contributed by atoms with Crippen molar-refractivity contribution in [1.82, 2.24) is 5.32 Å². The number of hydrogen-bond acceptors (Lipinski definition) is 4. The molecule has 0 heterocycles. The number of ether oxygens (including phenoxy) is 1. The molecule has 0 saturated carbocycles. The van der Waals surface area contributed by atoms with Crippen LogP contribution in [-0.4, -0.2) is 41.9 Å². The molecule has 122 valence electrons. The third-order valence-corrected chi connectivity index (χ3v) is 3.35. The average Bonchev–Trinajstić information content (AvgIpc) is 2.44. The maximum Gasteiger partial charge on any atom is 0.442 e. The number of methoxy groups -OCH3 is 1. The van der Waals surface area contributed by atoms with Gasteiger partial charge in [-0.25, -0.2) is 4.79 Å². The van der Waals surface area contributed by atoms with Gasteiger partial charge in [-0.2, -0.15) is 13.2 Å². The van der Waals surface area contributed by atoms with Crippen LogP contribution in [0.2, 0.25) is 0 Å². The van der Waals surface area contributed by atoms with Crippen molar-refractivity contribution in [1.29, 1.82) is 0 Å². The zero-order valence-corrected chi connectivity index (χ0v) is 12.4. The molecule has 0 aliphatic heterocycles. The number of carboxylic acids is 1. The molecule has 1 amide bonds. The molecule has 0 bridgehead atoms. The number of carboxylic acid groups (broad SMARTS) is 1. The lowest BCUT2D eigenvalue weighted by atomic mass is 10.1. The van der Waals surface area contributed by atoms with E-state index in [9.17, 15) is 22.8 Å². The lowest BCUT2D eigenvalue weighted by Crippen LogP contribution is -2.28. The highest BCUT2D eigenvalue weighted by Gasteiger charge is 2.29. The summed E-state index contributed by atoms with van der Waals surface area (Å²) in [6.45, 7) is 0.125. The van der Waals surface area contributed by atoms with E-state index in [0.29, 0.717) is 17.7 Å². The van der Waals surface area contributed by atoms with E-state index in [4.69, 9.17) is 9.84 Å². The largest absolute Gasteiger partial charge is 0.496 e. The average molecular weight is 337 g/mol. The van der Waals surface area contributed by atoms with Crippen molar-refractivity contribution in [3.8, 4) is 5.75 Å². The number of hydrogen-bond donors (Lipinski definition) is 2. The van der Waals surface area contributed by atoms with Crippen LogP contribution in [0.15, 0.2) is 18.2 Å². The van der Waals surface area contributed by atoms with Crippen molar-refractivity contribution in [3.05, 3.63) is 29.3 Å². The quantitative estimate of drug-likeness (QED) is 0.798. The summed E-state index contributed by atoms with van der Waals surface area (Å²) in [5.41, 5.74) is -3.73. The molecule has 0 aliphatic carbocycles. The van der Waals surface area contributed by atoms with Crippen LogP contribution in [0, 0.1) is 0 Å². The van der Waals surface area contributed by atoms with Crippen LogP contribution in [0.1, 0.15) is 15.9 Å². The molecule has 0 atom stereocenters. The van der Waals surface area contributed by atoms with Crippen molar-refractivity contribution in [2.75, 3.05) is 19.4 Å². The smallest absolute Gasteiger partial charge is 0.442 e. The van der Waals surface area contributed by atoms with E-state index in [1.165, 1.54) is 19.2 Å². The van der Waals surface area contributed by atoms with E-state index in [0.717, 1.165) is 0 Å². The normalized spacial score (nSPS) is 11.1. The van der Waals surface area contributed by atoms with Gasteiger partial charge in [-0.1, -0.05) is 6.07 Å². The van der Waals surface area contributed by atoms with Crippen LogP contribution in [-0.2, 0) is 11.2 Å². The third-order valence-electron chi connectivity index (χ3n) is 2.62. The van der Waals surface area contributed by atoms with E-state index in [1.807, 2.05) is 0 Å². The Balaban J connectivity index is 2.51. The Bertz CT molecular complexity index is 549.